The largest absolute Gasteiger partial charge is 0.496 e. The van der Waals surface area contributed by atoms with Crippen molar-refractivity contribution in [1.82, 2.24) is 4.98 Å². The fourth-order valence-electron chi connectivity index (χ4n) is 3.22. The van der Waals surface area contributed by atoms with Gasteiger partial charge in [0.1, 0.15) is 17.7 Å². The lowest BCUT2D eigenvalue weighted by Crippen LogP contribution is -2.41. The van der Waals surface area contributed by atoms with E-state index in [0.29, 0.717) is 17.9 Å². The number of benzene rings is 1. The van der Waals surface area contributed by atoms with E-state index in [1.165, 1.54) is 7.11 Å². The Morgan fingerprint density at radius 2 is 2.08 bits per heavy atom. The average Bonchev–Trinajstić information content (AvgIpc) is 2.60. The molecule has 0 bridgehead atoms. The summed E-state index contributed by atoms with van der Waals surface area (Å²) in [6.45, 7) is 1.26. The highest BCUT2D eigenvalue weighted by atomic mass is 79.9. The molecule has 26 heavy (non-hydrogen) atoms. The summed E-state index contributed by atoms with van der Waals surface area (Å²) >= 11 is 3.47. The number of primary amides is 2. The lowest BCUT2D eigenvalue weighted by atomic mass is 10.0. The second-order valence-electron chi connectivity index (χ2n) is 6.04. The lowest BCUT2D eigenvalue weighted by Gasteiger charge is -2.33. The van der Waals surface area contributed by atoms with Crippen molar-refractivity contribution >= 4 is 44.5 Å². The zero-order valence-electron chi connectivity index (χ0n) is 14.2. The second kappa shape index (κ2) is 7.36. The molecule has 1 aliphatic rings. The summed E-state index contributed by atoms with van der Waals surface area (Å²) in [5.41, 5.74) is 10.9. The summed E-state index contributed by atoms with van der Waals surface area (Å²) in [5.74, 6) is 0.533. The van der Waals surface area contributed by atoms with Gasteiger partial charge in [-0.25, -0.2) is 9.78 Å². The molecule has 2 amide bonds. The summed E-state index contributed by atoms with van der Waals surface area (Å²) in [4.78, 5) is 29.3. The standard InChI is InChI=1S/C17H19BrN4O4/c1-25-14-6-11-10(5-12(14)15(19)23)13(18)7-21-16(11)22-4-2-3-9(8-22)26-17(20)24/h5-7,9H,2-4,8H2,1H3,(H2,19,23)(H2,20,24). The number of nitrogens with zero attached hydrogens (tertiary/aromatic N) is 2. The molecule has 1 saturated heterocycles. The van der Waals surface area contributed by atoms with Crippen LogP contribution in [0.3, 0.4) is 0 Å². The van der Waals surface area contributed by atoms with Crippen LogP contribution < -0.4 is 21.1 Å². The molecule has 1 aromatic carbocycles. The summed E-state index contributed by atoms with van der Waals surface area (Å²) in [6, 6.07) is 3.44. The molecule has 0 radical (unpaired) electrons. The predicted octanol–water partition coefficient (Wildman–Crippen LogP) is 2.17. The topological polar surface area (TPSA) is 121 Å². The van der Waals surface area contributed by atoms with Crippen LogP contribution in [0.15, 0.2) is 22.8 Å². The first-order valence-corrected chi connectivity index (χ1v) is 8.87. The van der Waals surface area contributed by atoms with Crippen molar-refractivity contribution in [1.29, 1.82) is 0 Å². The third-order valence-corrected chi connectivity index (χ3v) is 5.00. The number of anilines is 1. The highest BCUT2D eigenvalue weighted by Gasteiger charge is 2.25. The van der Waals surface area contributed by atoms with E-state index in [4.69, 9.17) is 20.9 Å². The van der Waals surface area contributed by atoms with Crippen molar-refractivity contribution in [2.45, 2.75) is 18.9 Å². The Morgan fingerprint density at radius 1 is 1.31 bits per heavy atom. The zero-order chi connectivity index (χ0) is 18.8. The van der Waals surface area contributed by atoms with Gasteiger partial charge >= 0.3 is 6.09 Å². The monoisotopic (exact) mass is 422 g/mol. The number of rotatable bonds is 4. The Bertz CT molecular complexity index is 873. The molecule has 0 aliphatic carbocycles. The van der Waals surface area contributed by atoms with Gasteiger partial charge < -0.3 is 25.8 Å². The van der Waals surface area contributed by atoms with Gasteiger partial charge in [0, 0.05) is 28.0 Å². The molecule has 2 aromatic rings. The van der Waals surface area contributed by atoms with Crippen molar-refractivity contribution in [3.63, 3.8) is 0 Å². The number of ether oxygens (including phenoxy) is 2. The van der Waals surface area contributed by atoms with Crippen molar-refractivity contribution < 1.29 is 19.1 Å². The smallest absolute Gasteiger partial charge is 0.404 e. The van der Waals surface area contributed by atoms with Crippen molar-refractivity contribution in [2.75, 3.05) is 25.1 Å². The Kier molecular flexibility index (Phi) is 5.17. The Labute approximate surface area is 158 Å². The molecular weight excluding hydrogens is 404 g/mol. The molecule has 1 fully saturated rings. The number of nitrogens with two attached hydrogens (primary N) is 2. The van der Waals surface area contributed by atoms with E-state index in [1.54, 1.807) is 18.3 Å². The van der Waals surface area contributed by atoms with Gasteiger partial charge in [-0.3, -0.25) is 4.79 Å². The number of aromatic nitrogens is 1. The summed E-state index contributed by atoms with van der Waals surface area (Å²) in [7, 11) is 1.48. The molecule has 8 nitrogen and oxygen atoms in total. The minimum Gasteiger partial charge on any atom is -0.496 e. The number of amides is 2. The summed E-state index contributed by atoms with van der Waals surface area (Å²) in [5, 5.41) is 1.60. The molecule has 2 heterocycles. The minimum atomic E-state index is -0.779. The van der Waals surface area contributed by atoms with Crippen LogP contribution in [-0.4, -0.2) is 43.3 Å². The van der Waals surface area contributed by atoms with Gasteiger partial charge in [-0.2, -0.15) is 0 Å². The van der Waals surface area contributed by atoms with E-state index in [2.05, 4.69) is 20.9 Å². The van der Waals surface area contributed by atoms with Crippen LogP contribution >= 0.6 is 15.9 Å². The number of hydrogen-bond donors (Lipinski definition) is 2. The molecular formula is C17H19BrN4O4. The normalized spacial score (nSPS) is 17.2. The van der Waals surface area contributed by atoms with Crippen LogP contribution in [0.25, 0.3) is 10.8 Å². The van der Waals surface area contributed by atoms with E-state index in [9.17, 15) is 9.59 Å². The van der Waals surface area contributed by atoms with Crippen LogP contribution in [0, 0.1) is 0 Å². The number of pyridine rings is 1. The van der Waals surface area contributed by atoms with E-state index in [-0.39, 0.29) is 6.10 Å². The van der Waals surface area contributed by atoms with Gasteiger partial charge in [0.2, 0.25) is 0 Å². The lowest BCUT2D eigenvalue weighted by molar-refractivity contribution is 0.0963. The number of hydrogen-bond acceptors (Lipinski definition) is 6. The highest BCUT2D eigenvalue weighted by molar-refractivity contribution is 9.10. The highest BCUT2D eigenvalue weighted by Crippen LogP contribution is 2.36. The maximum absolute atomic E-state index is 11.7. The zero-order valence-corrected chi connectivity index (χ0v) is 15.8. The molecule has 1 aliphatic heterocycles. The second-order valence-corrected chi connectivity index (χ2v) is 6.89. The Hall–Kier alpha value is -2.55. The molecule has 9 heteroatoms. The van der Waals surface area contributed by atoms with Gasteiger partial charge in [0.15, 0.2) is 0 Å². The number of halogens is 1. The first-order valence-electron chi connectivity index (χ1n) is 8.07. The summed E-state index contributed by atoms with van der Waals surface area (Å²) in [6.07, 6.45) is 2.20. The van der Waals surface area contributed by atoms with E-state index >= 15 is 0 Å². The van der Waals surface area contributed by atoms with Gasteiger partial charge in [0.25, 0.3) is 5.91 Å². The van der Waals surface area contributed by atoms with E-state index in [1.807, 2.05) is 4.90 Å². The van der Waals surface area contributed by atoms with Crippen LogP contribution in [0.2, 0.25) is 0 Å². The van der Waals surface area contributed by atoms with E-state index in [0.717, 1.165) is 40.4 Å². The maximum atomic E-state index is 11.7. The van der Waals surface area contributed by atoms with Gasteiger partial charge in [-0.1, -0.05) is 0 Å². The van der Waals surface area contributed by atoms with Gasteiger partial charge in [-0.05, 0) is 40.9 Å². The summed E-state index contributed by atoms with van der Waals surface area (Å²) < 4.78 is 11.2. The number of piperidine rings is 1. The van der Waals surface area contributed by atoms with Crippen molar-refractivity contribution in [3.8, 4) is 5.75 Å². The predicted molar refractivity (Wildman–Crippen MR) is 100 cm³/mol. The van der Waals surface area contributed by atoms with Gasteiger partial charge in [0.05, 0.1) is 19.2 Å². The SMILES string of the molecule is COc1cc2c(N3CCCC(OC(N)=O)C3)ncc(Br)c2cc1C(N)=O. The molecule has 1 unspecified atom stereocenters. The molecule has 0 spiro atoms. The quantitative estimate of drug-likeness (QED) is 0.778. The first kappa shape index (κ1) is 18.2. The average molecular weight is 423 g/mol. The maximum Gasteiger partial charge on any atom is 0.404 e. The number of fused-ring (bicyclic) bond motifs is 1. The minimum absolute atomic E-state index is 0.284. The van der Waals surface area contributed by atoms with Crippen LogP contribution in [0.1, 0.15) is 23.2 Å². The Balaban J connectivity index is 2.07. The molecule has 0 saturated carbocycles. The fourth-order valence-corrected chi connectivity index (χ4v) is 3.65. The Morgan fingerprint density at radius 3 is 2.73 bits per heavy atom. The first-order chi connectivity index (χ1) is 12.4. The molecule has 4 N–H and O–H groups in total. The molecule has 3 rings (SSSR count). The van der Waals surface area contributed by atoms with Crippen LogP contribution in [0.5, 0.6) is 5.75 Å². The van der Waals surface area contributed by atoms with Crippen molar-refractivity contribution in [3.05, 3.63) is 28.4 Å². The number of methoxy groups -OCH3 is 1. The van der Waals surface area contributed by atoms with Gasteiger partial charge in [-0.15, -0.1) is 0 Å². The van der Waals surface area contributed by atoms with E-state index < -0.39 is 12.0 Å². The molecule has 138 valence electrons. The third-order valence-electron chi connectivity index (χ3n) is 4.36. The third kappa shape index (κ3) is 3.52. The number of carbonyl (C=O) groups excluding carboxylic acids is 2. The molecule has 1 aromatic heterocycles. The number of carbonyl (C=O) groups is 2. The molecule has 1 atom stereocenters. The van der Waals surface area contributed by atoms with Crippen LogP contribution in [0.4, 0.5) is 10.6 Å². The van der Waals surface area contributed by atoms with Crippen molar-refractivity contribution in [2.24, 2.45) is 11.5 Å². The van der Waals surface area contributed by atoms with Crippen LogP contribution in [-0.2, 0) is 4.74 Å². The fraction of sp³-hybridized carbons (Fsp3) is 0.353.